The molecule has 1 aliphatic heterocycles. The molecule has 1 aromatic heterocycles. The van der Waals surface area contributed by atoms with Gasteiger partial charge in [-0.1, -0.05) is 13.8 Å². The normalized spacial score (nSPS) is 20.2. The molecule has 1 atom stereocenters. The van der Waals surface area contributed by atoms with E-state index in [-0.39, 0.29) is 0 Å². The molecule has 4 heteroatoms. The first kappa shape index (κ1) is 14.0. The van der Waals surface area contributed by atoms with Gasteiger partial charge in [0.15, 0.2) is 0 Å². The molecule has 0 amide bonds. The first-order valence-corrected chi connectivity index (χ1v) is 7.65. The van der Waals surface area contributed by atoms with Crippen molar-refractivity contribution in [1.82, 2.24) is 9.88 Å². The van der Waals surface area contributed by atoms with Crippen LogP contribution in [0.5, 0.6) is 0 Å². The summed E-state index contributed by atoms with van der Waals surface area (Å²) in [5.41, 5.74) is 0. The van der Waals surface area contributed by atoms with Crippen molar-refractivity contribution in [2.45, 2.75) is 33.2 Å². The average Bonchev–Trinajstić information content (AvgIpc) is 2.89. The molecule has 0 N–H and O–H groups in total. The molecule has 102 valence electrons. The van der Waals surface area contributed by atoms with Gasteiger partial charge in [0.1, 0.15) is 0 Å². The van der Waals surface area contributed by atoms with E-state index in [0.717, 1.165) is 38.6 Å². The molecule has 1 aromatic rings. The van der Waals surface area contributed by atoms with E-state index in [9.17, 15) is 0 Å². The summed E-state index contributed by atoms with van der Waals surface area (Å²) >= 11 is 1.86. The largest absolute Gasteiger partial charge is 0.381 e. The van der Waals surface area contributed by atoms with Crippen LogP contribution < -0.4 is 0 Å². The summed E-state index contributed by atoms with van der Waals surface area (Å²) in [6.45, 7) is 8.52. The maximum atomic E-state index is 5.42. The van der Waals surface area contributed by atoms with Crippen LogP contribution in [0.3, 0.4) is 0 Å². The number of hydrogen-bond acceptors (Lipinski definition) is 4. The van der Waals surface area contributed by atoms with Crippen molar-refractivity contribution < 1.29 is 4.74 Å². The van der Waals surface area contributed by atoms with Gasteiger partial charge >= 0.3 is 0 Å². The second kappa shape index (κ2) is 6.64. The van der Waals surface area contributed by atoms with Gasteiger partial charge in [-0.05, 0) is 25.3 Å². The Morgan fingerprint density at radius 1 is 1.56 bits per heavy atom. The predicted molar refractivity (Wildman–Crippen MR) is 75.9 cm³/mol. The molecule has 3 nitrogen and oxygen atoms in total. The Balaban J connectivity index is 1.79. The molecule has 1 unspecified atom stereocenters. The minimum atomic E-state index is 0.692. The minimum Gasteiger partial charge on any atom is -0.381 e. The lowest BCUT2D eigenvalue weighted by Gasteiger charge is -2.18. The van der Waals surface area contributed by atoms with Gasteiger partial charge in [-0.2, -0.15) is 0 Å². The van der Waals surface area contributed by atoms with Gasteiger partial charge in [-0.3, -0.25) is 0 Å². The molecule has 0 saturated carbocycles. The second-order valence-corrected chi connectivity index (χ2v) is 6.94. The summed E-state index contributed by atoms with van der Waals surface area (Å²) in [6, 6.07) is 0. The third-order valence-corrected chi connectivity index (χ3v) is 4.21. The smallest absolute Gasteiger partial charge is 0.0930 e. The topological polar surface area (TPSA) is 25.4 Å². The lowest BCUT2D eigenvalue weighted by Crippen LogP contribution is -2.25. The zero-order valence-electron chi connectivity index (χ0n) is 11.7. The average molecular weight is 268 g/mol. The van der Waals surface area contributed by atoms with E-state index in [2.05, 4.69) is 30.8 Å². The van der Waals surface area contributed by atoms with E-state index in [1.54, 1.807) is 0 Å². The van der Waals surface area contributed by atoms with Crippen LogP contribution in [0, 0.1) is 11.8 Å². The van der Waals surface area contributed by atoms with E-state index >= 15 is 0 Å². The Bertz CT molecular complexity index is 358. The Labute approximate surface area is 114 Å². The third-order valence-electron chi connectivity index (χ3n) is 3.20. The lowest BCUT2D eigenvalue weighted by atomic mass is 10.1. The summed E-state index contributed by atoms with van der Waals surface area (Å²) in [7, 11) is 2.19. The van der Waals surface area contributed by atoms with E-state index in [0.29, 0.717) is 5.92 Å². The molecule has 0 radical (unpaired) electrons. The Hall–Kier alpha value is -0.450. The molecular formula is C14H24N2OS. The first-order chi connectivity index (χ1) is 8.63. The van der Waals surface area contributed by atoms with E-state index in [1.165, 1.54) is 16.3 Å². The van der Waals surface area contributed by atoms with E-state index in [1.807, 2.05) is 17.5 Å². The van der Waals surface area contributed by atoms with Gasteiger partial charge in [0.2, 0.25) is 0 Å². The standard InChI is InChI=1S/C14H24N2OS/c1-11(2)6-14-15-7-13(18-14)9-16(3)8-12-4-5-17-10-12/h7,11-12H,4-6,8-10H2,1-3H3. The quantitative estimate of drug-likeness (QED) is 0.793. The first-order valence-electron chi connectivity index (χ1n) is 6.83. The van der Waals surface area contributed by atoms with Crippen LogP contribution in [-0.2, 0) is 17.7 Å². The van der Waals surface area contributed by atoms with Crippen molar-refractivity contribution in [2.75, 3.05) is 26.8 Å². The fourth-order valence-electron chi connectivity index (χ4n) is 2.36. The van der Waals surface area contributed by atoms with Crippen LogP contribution in [0.2, 0.25) is 0 Å². The van der Waals surface area contributed by atoms with Crippen molar-refractivity contribution in [1.29, 1.82) is 0 Å². The number of ether oxygens (including phenoxy) is 1. The highest BCUT2D eigenvalue weighted by atomic mass is 32.1. The summed E-state index contributed by atoms with van der Waals surface area (Å²) < 4.78 is 5.42. The van der Waals surface area contributed by atoms with Crippen LogP contribution in [0.4, 0.5) is 0 Å². The summed E-state index contributed by atoms with van der Waals surface area (Å²) in [4.78, 5) is 8.28. The number of nitrogens with zero attached hydrogens (tertiary/aromatic N) is 2. The summed E-state index contributed by atoms with van der Waals surface area (Å²) in [6.07, 6.45) is 4.36. The van der Waals surface area contributed by atoms with Gasteiger partial charge in [0.25, 0.3) is 0 Å². The molecule has 0 aliphatic carbocycles. The highest BCUT2D eigenvalue weighted by Gasteiger charge is 2.17. The van der Waals surface area contributed by atoms with Crippen LogP contribution in [0.15, 0.2) is 6.20 Å². The monoisotopic (exact) mass is 268 g/mol. The van der Waals surface area contributed by atoms with Crippen LogP contribution in [0.1, 0.15) is 30.2 Å². The SMILES string of the molecule is CC(C)Cc1ncc(CN(C)CC2CCOC2)s1. The number of hydrogen-bond donors (Lipinski definition) is 0. The maximum Gasteiger partial charge on any atom is 0.0930 e. The number of thiazole rings is 1. The minimum absolute atomic E-state index is 0.692. The van der Waals surface area contributed by atoms with Gasteiger partial charge in [-0.25, -0.2) is 4.98 Å². The van der Waals surface area contributed by atoms with Crippen LogP contribution in [-0.4, -0.2) is 36.7 Å². The molecular weight excluding hydrogens is 244 g/mol. The molecule has 2 rings (SSSR count). The molecule has 0 spiro atoms. The highest BCUT2D eigenvalue weighted by molar-refractivity contribution is 7.11. The third kappa shape index (κ3) is 4.34. The van der Waals surface area contributed by atoms with Gasteiger partial charge < -0.3 is 9.64 Å². The predicted octanol–water partition coefficient (Wildman–Crippen LogP) is 2.81. The molecule has 0 bridgehead atoms. The molecule has 1 saturated heterocycles. The number of rotatable bonds is 6. The molecule has 18 heavy (non-hydrogen) atoms. The van der Waals surface area contributed by atoms with Crippen molar-refractivity contribution in [2.24, 2.45) is 11.8 Å². The van der Waals surface area contributed by atoms with E-state index < -0.39 is 0 Å². The zero-order chi connectivity index (χ0) is 13.0. The van der Waals surface area contributed by atoms with E-state index in [4.69, 9.17) is 4.74 Å². The number of aromatic nitrogens is 1. The van der Waals surface area contributed by atoms with Gasteiger partial charge in [0, 0.05) is 37.2 Å². The molecule has 2 heterocycles. The Morgan fingerprint density at radius 2 is 2.39 bits per heavy atom. The summed E-state index contributed by atoms with van der Waals surface area (Å²) in [5, 5.41) is 1.28. The molecule has 1 aliphatic rings. The lowest BCUT2D eigenvalue weighted by molar-refractivity contribution is 0.173. The van der Waals surface area contributed by atoms with Crippen LogP contribution >= 0.6 is 11.3 Å². The highest BCUT2D eigenvalue weighted by Crippen LogP contribution is 2.19. The van der Waals surface area contributed by atoms with Crippen LogP contribution in [0.25, 0.3) is 0 Å². The molecule has 0 aromatic carbocycles. The van der Waals surface area contributed by atoms with Crippen molar-refractivity contribution in [3.8, 4) is 0 Å². The van der Waals surface area contributed by atoms with Crippen molar-refractivity contribution in [3.05, 3.63) is 16.1 Å². The van der Waals surface area contributed by atoms with Crippen molar-refractivity contribution in [3.63, 3.8) is 0 Å². The second-order valence-electron chi connectivity index (χ2n) is 5.74. The maximum absolute atomic E-state index is 5.42. The Kier molecular flexibility index (Phi) is 5.15. The Morgan fingerprint density at radius 3 is 3.06 bits per heavy atom. The zero-order valence-corrected chi connectivity index (χ0v) is 12.5. The molecule has 1 fully saturated rings. The fourth-order valence-corrected chi connectivity index (χ4v) is 3.58. The summed E-state index contributed by atoms with van der Waals surface area (Å²) in [5.74, 6) is 1.41. The van der Waals surface area contributed by atoms with Gasteiger partial charge in [0.05, 0.1) is 11.6 Å². The van der Waals surface area contributed by atoms with Gasteiger partial charge in [-0.15, -0.1) is 11.3 Å². The van der Waals surface area contributed by atoms with Crippen molar-refractivity contribution >= 4 is 11.3 Å². The fraction of sp³-hybridized carbons (Fsp3) is 0.786.